The number of hydrogen-bond donors (Lipinski definition) is 1. The number of piperidine rings is 1. The molecule has 0 spiro atoms. The Morgan fingerprint density at radius 1 is 1.00 bits per heavy atom. The minimum atomic E-state index is 0.468. The zero-order valence-electron chi connectivity index (χ0n) is 12.6. The standard InChI is InChI=1S/C18H21ClN2O/c19-14-7-9-15(10-8-14)22-18-6-4-5-17(16(18)13-20)21-11-2-1-3-12-21/h4-10H,1-3,11-13,20H2. The molecule has 116 valence electrons. The van der Waals surface area contributed by atoms with Gasteiger partial charge in [-0.15, -0.1) is 0 Å². The Morgan fingerprint density at radius 3 is 2.41 bits per heavy atom. The Morgan fingerprint density at radius 2 is 1.73 bits per heavy atom. The summed E-state index contributed by atoms with van der Waals surface area (Å²) in [5, 5.41) is 0.702. The molecule has 22 heavy (non-hydrogen) atoms. The van der Waals surface area contributed by atoms with Crippen molar-refractivity contribution in [2.75, 3.05) is 18.0 Å². The van der Waals surface area contributed by atoms with Crippen LogP contribution in [-0.4, -0.2) is 13.1 Å². The third-order valence-corrected chi connectivity index (χ3v) is 4.30. The van der Waals surface area contributed by atoms with Crippen molar-refractivity contribution in [3.8, 4) is 11.5 Å². The summed E-state index contributed by atoms with van der Waals surface area (Å²) in [6.45, 7) is 2.66. The summed E-state index contributed by atoms with van der Waals surface area (Å²) in [7, 11) is 0. The van der Waals surface area contributed by atoms with Gasteiger partial charge in [-0.25, -0.2) is 0 Å². The Labute approximate surface area is 136 Å². The van der Waals surface area contributed by atoms with Crippen molar-refractivity contribution in [1.29, 1.82) is 0 Å². The lowest BCUT2D eigenvalue weighted by atomic mass is 10.1. The lowest BCUT2D eigenvalue weighted by molar-refractivity contribution is 0.475. The first-order valence-electron chi connectivity index (χ1n) is 7.78. The summed E-state index contributed by atoms with van der Waals surface area (Å²) in [6, 6.07) is 13.5. The highest BCUT2D eigenvalue weighted by molar-refractivity contribution is 6.30. The van der Waals surface area contributed by atoms with Crippen molar-refractivity contribution < 1.29 is 4.74 Å². The molecule has 4 heteroatoms. The van der Waals surface area contributed by atoms with Crippen molar-refractivity contribution in [1.82, 2.24) is 0 Å². The van der Waals surface area contributed by atoms with E-state index in [1.54, 1.807) is 0 Å². The molecule has 0 radical (unpaired) electrons. The Kier molecular flexibility index (Phi) is 4.86. The van der Waals surface area contributed by atoms with Gasteiger partial charge >= 0.3 is 0 Å². The maximum absolute atomic E-state index is 6.02. The topological polar surface area (TPSA) is 38.5 Å². The maximum Gasteiger partial charge on any atom is 0.133 e. The van der Waals surface area contributed by atoms with Crippen molar-refractivity contribution >= 4 is 17.3 Å². The molecule has 0 amide bonds. The number of ether oxygens (including phenoxy) is 1. The first-order valence-corrected chi connectivity index (χ1v) is 8.16. The molecule has 0 aliphatic carbocycles. The summed E-state index contributed by atoms with van der Waals surface area (Å²) in [5.41, 5.74) is 8.28. The van der Waals surface area contributed by atoms with Crippen LogP contribution in [0.15, 0.2) is 42.5 Å². The van der Waals surface area contributed by atoms with Gasteiger partial charge in [0.05, 0.1) is 0 Å². The monoisotopic (exact) mass is 316 g/mol. The third kappa shape index (κ3) is 3.37. The van der Waals surface area contributed by atoms with E-state index < -0.39 is 0 Å². The molecule has 1 heterocycles. The SMILES string of the molecule is NCc1c(Oc2ccc(Cl)cc2)cccc1N1CCCCC1. The molecule has 1 aliphatic heterocycles. The van der Waals surface area contributed by atoms with Crippen molar-refractivity contribution in [2.24, 2.45) is 5.73 Å². The number of nitrogens with two attached hydrogens (primary N) is 1. The van der Waals surface area contributed by atoms with E-state index in [9.17, 15) is 0 Å². The number of nitrogens with zero attached hydrogens (tertiary/aromatic N) is 1. The van der Waals surface area contributed by atoms with Crippen LogP contribution in [0.1, 0.15) is 24.8 Å². The second-order valence-electron chi connectivity index (χ2n) is 5.56. The predicted octanol–water partition coefficient (Wildman–Crippen LogP) is 4.58. The summed E-state index contributed by atoms with van der Waals surface area (Å²) in [4.78, 5) is 2.42. The largest absolute Gasteiger partial charge is 0.457 e. The van der Waals surface area contributed by atoms with Crippen LogP contribution in [0.2, 0.25) is 5.02 Å². The summed E-state index contributed by atoms with van der Waals surface area (Å²) in [6.07, 6.45) is 3.80. The van der Waals surface area contributed by atoms with E-state index in [0.29, 0.717) is 11.6 Å². The molecule has 0 bridgehead atoms. The van der Waals surface area contributed by atoms with E-state index in [1.807, 2.05) is 36.4 Å². The molecule has 1 saturated heterocycles. The number of halogens is 1. The average Bonchev–Trinajstić information content (AvgIpc) is 2.57. The molecule has 2 aromatic carbocycles. The van der Waals surface area contributed by atoms with Gasteiger partial charge in [0, 0.05) is 35.9 Å². The predicted molar refractivity (Wildman–Crippen MR) is 91.9 cm³/mol. The van der Waals surface area contributed by atoms with Gasteiger partial charge in [-0.1, -0.05) is 17.7 Å². The summed E-state index contributed by atoms with van der Waals surface area (Å²) < 4.78 is 6.02. The minimum absolute atomic E-state index is 0.468. The van der Waals surface area contributed by atoms with Gasteiger partial charge in [0.1, 0.15) is 11.5 Å². The van der Waals surface area contributed by atoms with Crippen molar-refractivity contribution in [3.05, 3.63) is 53.1 Å². The van der Waals surface area contributed by atoms with E-state index in [2.05, 4.69) is 11.0 Å². The molecular formula is C18H21ClN2O. The fraction of sp³-hybridized carbons (Fsp3) is 0.333. The second-order valence-corrected chi connectivity index (χ2v) is 6.00. The molecular weight excluding hydrogens is 296 g/mol. The van der Waals surface area contributed by atoms with Crippen molar-refractivity contribution in [3.63, 3.8) is 0 Å². The average molecular weight is 317 g/mol. The molecule has 0 aromatic heterocycles. The van der Waals surface area contributed by atoms with Gasteiger partial charge in [0.2, 0.25) is 0 Å². The quantitative estimate of drug-likeness (QED) is 0.897. The Hall–Kier alpha value is -1.71. The molecule has 3 rings (SSSR count). The van der Waals surface area contributed by atoms with Gasteiger partial charge in [0.15, 0.2) is 0 Å². The number of anilines is 1. The fourth-order valence-corrected chi connectivity index (χ4v) is 3.04. The highest BCUT2D eigenvalue weighted by Gasteiger charge is 2.17. The minimum Gasteiger partial charge on any atom is -0.457 e. The molecule has 1 fully saturated rings. The van der Waals surface area contributed by atoms with Crippen LogP contribution < -0.4 is 15.4 Å². The van der Waals surface area contributed by atoms with Crippen LogP contribution in [-0.2, 0) is 6.54 Å². The zero-order valence-corrected chi connectivity index (χ0v) is 13.4. The van der Waals surface area contributed by atoms with Crippen LogP contribution in [0, 0.1) is 0 Å². The molecule has 1 aliphatic rings. The van der Waals surface area contributed by atoms with Crippen molar-refractivity contribution in [2.45, 2.75) is 25.8 Å². The van der Waals surface area contributed by atoms with Gasteiger partial charge < -0.3 is 15.4 Å². The van der Waals surface area contributed by atoms with E-state index in [4.69, 9.17) is 22.1 Å². The van der Waals surface area contributed by atoms with Gasteiger partial charge in [-0.05, 0) is 55.7 Å². The van der Waals surface area contributed by atoms with Crippen LogP contribution in [0.25, 0.3) is 0 Å². The Balaban J connectivity index is 1.88. The summed E-state index contributed by atoms with van der Waals surface area (Å²) in [5.74, 6) is 1.60. The zero-order chi connectivity index (χ0) is 15.4. The molecule has 3 nitrogen and oxygen atoms in total. The second kappa shape index (κ2) is 7.03. The number of benzene rings is 2. The third-order valence-electron chi connectivity index (χ3n) is 4.05. The molecule has 0 atom stereocenters. The molecule has 2 aromatic rings. The highest BCUT2D eigenvalue weighted by atomic mass is 35.5. The summed E-state index contributed by atoms with van der Waals surface area (Å²) >= 11 is 5.92. The lowest BCUT2D eigenvalue weighted by Crippen LogP contribution is -2.30. The Bertz CT molecular complexity index is 621. The molecule has 2 N–H and O–H groups in total. The lowest BCUT2D eigenvalue weighted by Gasteiger charge is -2.31. The fourth-order valence-electron chi connectivity index (χ4n) is 2.92. The van der Waals surface area contributed by atoms with E-state index >= 15 is 0 Å². The van der Waals surface area contributed by atoms with E-state index in [1.165, 1.54) is 24.9 Å². The molecule has 0 saturated carbocycles. The van der Waals surface area contributed by atoms with E-state index in [0.717, 1.165) is 30.2 Å². The number of hydrogen-bond acceptors (Lipinski definition) is 3. The maximum atomic E-state index is 6.02. The number of rotatable bonds is 4. The van der Waals surface area contributed by atoms with Gasteiger partial charge in [-0.2, -0.15) is 0 Å². The highest BCUT2D eigenvalue weighted by Crippen LogP contribution is 2.33. The van der Waals surface area contributed by atoms with E-state index in [-0.39, 0.29) is 0 Å². The van der Waals surface area contributed by atoms with Crippen LogP contribution in [0.5, 0.6) is 11.5 Å². The first kappa shape index (κ1) is 15.2. The molecule has 0 unspecified atom stereocenters. The van der Waals surface area contributed by atoms with Gasteiger partial charge in [-0.3, -0.25) is 0 Å². The van der Waals surface area contributed by atoms with Gasteiger partial charge in [0.25, 0.3) is 0 Å². The van der Waals surface area contributed by atoms with Crippen LogP contribution >= 0.6 is 11.6 Å². The van der Waals surface area contributed by atoms with Crippen LogP contribution in [0.3, 0.4) is 0 Å². The first-order chi connectivity index (χ1) is 10.8. The van der Waals surface area contributed by atoms with Crippen LogP contribution in [0.4, 0.5) is 5.69 Å². The smallest absolute Gasteiger partial charge is 0.133 e. The normalized spacial score (nSPS) is 14.9.